The summed E-state index contributed by atoms with van der Waals surface area (Å²) in [4.78, 5) is 26.0. The summed E-state index contributed by atoms with van der Waals surface area (Å²) in [6, 6.07) is -0.365. The van der Waals surface area contributed by atoms with Crippen molar-refractivity contribution in [3.8, 4) is 0 Å². The number of carboxylic acids is 1. The highest BCUT2D eigenvalue weighted by Gasteiger charge is 2.26. The molecule has 0 radical (unpaired) electrons. The van der Waals surface area contributed by atoms with Gasteiger partial charge in [-0.15, -0.1) is 11.3 Å². The largest absolute Gasteiger partial charge is 0.480 e. The van der Waals surface area contributed by atoms with Crippen molar-refractivity contribution in [2.24, 2.45) is 0 Å². The van der Waals surface area contributed by atoms with E-state index in [0.717, 1.165) is 5.69 Å². The number of aromatic nitrogens is 1. The Balaban J connectivity index is 1.61. The molecule has 1 aliphatic rings. The van der Waals surface area contributed by atoms with Crippen LogP contribution < -0.4 is 10.6 Å². The lowest BCUT2D eigenvalue weighted by atomic mass is 10.3. The second-order valence-corrected chi connectivity index (χ2v) is 5.04. The SMILES string of the molecule is O=C(O)COCCNC(=O)Nc1nc(C2CC2)cs1. The molecule has 1 aliphatic carbocycles. The van der Waals surface area contributed by atoms with Crippen LogP contribution in [0.4, 0.5) is 9.93 Å². The Bertz CT molecular complexity index is 459. The molecule has 1 aromatic rings. The van der Waals surface area contributed by atoms with Gasteiger partial charge in [-0.3, -0.25) is 5.32 Å². The number of carboxylic acid groups (broad SMARTS) is 1. The van der Waals surface area contributed by atoms with Gasteiger partial charge in [-0.1, -0.05) is 0 Å². The number of nitrogens with zero attached hydrogens (tertiary/aromatic N) is 1. The molecule has 0 bridgehead atoms. The van der Waals surface area contributed by atoms with Crippen molar-refractivity contribution in [2.75, 3.05) is 25.1 Å². The zero-order chi connectivity index (χ0) is 13.7. The van der Waals surface area contributed by atoms with Gasteiger partial charge in [0.15, 0.2) is 5.13 Å². The average molecular weight is 285 g/mol. The predicted octanol–water partition coefficient (Wildman–Crippen LogP) is 1.24. The van der Waals surface area contributed by atoms with Crippen molar-refractivity contribution in [1.82, 2.24) is 10.3 Å². The first-order valence-corrected chi connectivity index (χ1v) is 6.83. The van der Waals surface area contributed by atoms with E-state index in [1.807, 2.05) is 5.38 Å². The molecule has 7 nitrogen and oxygen atoms in total. The second-order valence-electron chi connectivity index (χ2n) is 4.18. The molecule has 2 rings (SSSR count). The number of carbonyl (C=O) groups excluding carboxylic acids is 1. The van der Waals surface area contributed by atoms with Crippen LogP contribution in [0, 0.1) is 0 Å². The predicted molar refractivity (Wildman–Crippen MR) is 69.6 cm³/mol. The van der Waals surface area contributed by atoms with Crippen LogP contribution in [0.15, 0.2) is 5.38 Å². The zero-order valence-corrected chi connectivity index (χ0v) is 11.0. The number of nitrogens with one attached hydrogen (secondary N) is 2. The lowest BCUT2D eigenvalue weighted by Crippen LogP contribution is -2.31. The van der Waals surface area contributed by atoms with Gasteiger partial charge in [0.1, 0.15) is 6.61 Å². The van der Waals surface area contributed by atoms with Gasteiger partial charge in [-0.05, 0) is 12.8 Å². The number of amides is 2. The highest BCUT2D eigenvalue weighted by Crippen LogP contribution is 2.40. The Morgan fingerprint density at radius 3 is 3.00 bits per heavy atom. The molecule has 0 aliphatic heterocycles. The van der Waals surface area contributed by atoms with Crippen LogP contribution in [0.3, 0.4) is 0 Å². The summed E-state index contributed by atoms with van der Waals surface area (Å²) < 4.78 is 4.78. The van der Waals surface area contributed by atoms with Crippen LogP contribution in [0.5, 0.6) is 0 Å². The normalized spacial score (nSPS) is 14.1. The molecule has 1 saturated carbocycles. The van der Waals surface area contributed by atoms with Crippen LogP contribution >= 0.6 is 11.3 Å². The lowest BCUT2D eigenvalue weighted by molar-refractivity contribution is -0.142. The highest BCUT2D eigenvalue weighted by molar-refractivity contribution is 7.13. The summed E-state index contributed by atoms with van der Waals surface area (Å²) in [7, 11) is 0. The first-order chi connectivity index (χ1) is 9.15. The minimum Gasteiger partial charge on any atom is -0.480 e. The van der Waals surface area contributed by atoms with Gasteiger partial charge in [0.2, 0.25) is 0 Å². The fourth-order valence-corrected chi connectivity index (χ4v) is 2.23. The van der Waals surface area contributed by atoms with Gasteiger partial charge >= 0.3 is 12.0 Å². The molecular formula is C11H15N3O4S. The Labute approximate surface area is 114 Å². The van der Waals surface area contributed by atoms with Gasteiger partial charge < -0.3 is 15.2 Å². The molecule has 3 N–H and O–H groups in total. The van der Waals surface area contributed by atoms with Gasteiger partial charge in [0.25, 0.3) is 0 Å². The number of aliphatic carboxylic acids is 1. The average Bonchev–Trinajstić information content (AvgIpc) is 3.10. The molecule has 0 saturated heterocycles. The number of urea groups is 1. The summed E-state index contributed by atoms with van der Waals surface area (Å²) in [6.07, 6.45) is 2.35. The molecule has 0 spiro atoms. The van der Waals surface area contributed by atoms with E-state index in [-0.39, 0.29) is 25.8 Å². The van der Waals surface area contributed by atoms with Crippen LogP contribution in [-0.2, 0) is 9.53 Å². The van der Waals surface area contributed by atoms with Crippen molar-refractivity contribution >= 4 is 28.5 Å². The van der Waals surface area contributed by atoms with E-state index in [1.165, 1.54) is 24.2 Å². The van der Waals surface area contributed by atoms with Crippen molar-refractivity contribution in [1.29, 1.82) is 0 Å². The third kappa shape index (κ3) is 4.84. The molecule has 2 amide bonds. The first-order valence-electron chi connectivity index (χ1n) is 5.95. The number of hydrogen-bond donors (Lipinski definition) is 3. The molecular weight excluding hydrogens is 270 g/mol. The van der Waals surface area contributed by atoms with Crippen LogP contribution in [-0.4, -0.2) is 41.8 Å². The summed E-state index contributed by atoms with van der Waals surface area (Å²) >= 11 is 1.40. The Morgan fingerprint density at radius 2 is 2.32 bits per heavy atom. The smallest absolute Gasteiger partial charge is 0.329 e. The summed E-state index contributed by atoms with van der Waals surface area (Å²) in [6.45, 7) is 0.0470. The van der Waals surface area contributed by atoms with E-state index in [0.29, 0.717) is 11.0 Å². The molecule has 1 fully saturated rings. The minimum atomic E-state index is -1.03. The van der Waals surface area contributed by atoms with E-state index in [1.54, 1.807) is 0 Å². The third-order valence-corrected chi connectivity index (χ3v) is 3.27. The Kier molecular flexibility index (Phi) is 4.69. The molecule has 1 aromatic heterocycles. The molecule has 1 heterocycles. The number of rotatable bonds is 7. The van der Waals surface area contributed by atoms with Crippen molar-refractivity contribution in [3.63, 3.8) is 0 Å². The van der Waals surface area contributed by atoms with Gasteiger partial charge in [-0.2, -0.15) is 0 Å². The standard InChI is InChI=1S/C11H15N3O4S/c15-9(16)5-18-4-3-12-10(17)14-11-13-8(6-19-11)7-1-2-7/h6-7H,1-5H2,(H,15,16)(H2,12,13,14,17). The molecule has 8 heteroatoms. The van der Waals surface area contributed by atoms with E-state index < -0.39 is 5.97 Å². The van der Waals surface area contributed by atoms with E-state index in [9.17, 15) is 9.59 Å². The fraction of sp³-hybridized carbons (Fsp3) is 0.545. The van der Waals surface area contributed by atoms with E-state index >= 15 is 0 Å². The van der Waals surface area contributed by atoms with Gasteiger partial charge in [0, 0.05) is 17.8 Å². The monoisotopic (exact) mass is 285 g/mol. The number of anilines is 1. The molecule has 0 unspecified atom stereocenters. The third-order valence-electron chi connectivity index (χ3n) is 2.50. The van der Waals surface area contributed by atoms with E-state index in [4.69, 9.17) is 9.84 Å². The summed E-state index contributed by atoms with van der Waals surface area (Å²) in [5.41, 5.74) is 1.05. The quantitative estimate of drug-likeness (QED) is 0.654. The van der Waals surface area contributed by atoms with Crippen LogP contribution in [0.25, 0.3) is 0 Å². The van der Waals surface area contributed by atoms with E-state index in [2.05, 4.69) is 15.6 Å². The topological polar surface area (TPSA) is 101 Å². The maximum atomic E-state index is 11.5. The Hall–Kier alpha value is -1.67. The van der Waals surface area contributed by atoms with Crippen LogP contribution in [0.1, 0.15) is 24.5 Å². The molecule has 0 atom stereocenters. The maximum Gasteiger partial charge on any atom is 0.329 e. The van der Waals surface area contributed by atoms with Crippen molar-refractivity contribution in [2.45, 2.75) is 18.8 Å². The number of hydrogen-bond acceptors (Lipinski definition) is 5. The van der Waals surface area contributed by atoms with Crippen LogP contribution in [0.2, 0.25) is 0 Å². The Morgan fingerprint density at radius 1 is 1.53 bits per heavy atom. The van der Waals surface area contributed by atoms with Gasteiger partial charge in [0.05, 0.1) is 12.3 Å². The maximum absolute atomic E-state index is 11.5. The lowest BCUT2D eigenvalue weighted by Gasteiger charge is -2.05. The zero-order valence-electron chi connectivity index (χ0n) is 10.2. The number of carbonyl (C=O) groups is 2. The van der Waals surface area contributed by atoms with Gasteiger partial charge in [-0.25, -0.2) is 14.6 Å². The minimum absolute atomic E-state index is 0.158. The summed E-state index contributed by atoms with van der Waals surface area (Å²) in [5, 5.41) is 16.1. The number of ether oxygens (including phenoxy) is 1. The fourth-order valence-electron chi connectivity index (χ4n) is 1.45. The van der Waals surface area contributed by atoms with Crippen molar-refractivity contribution in [3.05, 3.63) is 11.1 Å². The number of thiazole rings is 1. The molecule has 19 heavy (non-hydrogen) atoms. The second kappa shape index (κ2) is 6.48. The van der Waals surface area contributed by atoms with Crippen molar-refractivity contribution < 1.29 is 19.4 Å². The molecule has 104 valence electrons. The summed E-state index contributed by atoms with van der Waals surface area (Å²) in [5.74, 6) is -0.459. The first kappa shape index (κ1) is 13.8. The highest BCUT2D eigenvalue weighted by atomic mass is 32.1. The molecule has 0 aromatic carbocycles.